The van der Waals surface area contributed by atoms with Gasteiger partial charge < -0.3 is 0 Å². The first-order valence-electron chi connectivity index (χ1n) is 1.94. The summed E-state index contributed by atoms with van der Waals surface area (Å²) in [5.41, 5.74) is 0. The molecule has 5 heteroatoms. The molecule has 0 amide bonds. The molecule has 0 bridgehead atoms. The van der Waals surface area contributed by atoms with Crippen molar-refractivity contribution in [3.63, 3.8) is 0 Å². The Balaban J connectivity index is 3.19. The maximum atomic E-state index is 10.2. The van der Waals surface area contributed by atoms with Gasteiger partial charge in [-0.2, -0.15) is 12.8 Å². The Hall–Kier alpha value is -0.710. The third kappa shape index (κ3) is 0.645. The summed E-state index contributed by atoms with van der Waals surface area (Å²) >= 11 is 0. The Labute approximate surface area is 46.3 Å². The first-order valence-corrected chi connectivity index (χ1v) is 3.38. The smallest absolute Gasteiger partial charge is 0.279 e. The van der Waals surface area contributed by atoms with Crippen LogP contribution in [0.4, 0.5) is 0 Å². The predicted octanol–water partition coefficient (Wildman–Crippen LogP) is -0.683. The quantitative estimate of drug-likeness (QED) is 0.439. The van der Waals surface area contributed by atoms with Crippen molar-refractivity contribution < 1.29 is 13.2 Å². The van der Waals surface area contributed by atoms with E-state index in [-0.39, 0.29) is 6.42 Å². The lowest BCUT2D eigenvalue weighted by atomic mass is 10.5. The van der Waals surface area contributed by atoms with Gasteiger partial charge in [-0.3, -0.25) is 4.79 Å². The molecule has 4 nitrogen and oxygen atoms in total. The highest BCUT2D eigenvalue weighted by atomic mass is 32.2. The molecule has 8 heavy (non-hydrogen) atoms. The highest BCUT2D eigenvalue weighted by Gasteiger charge is 2.23. The molecular formula is C3H3NO3S. The molecule has 1 heterocycles. The van der Waals surface area contributed by atoms with Gasteiger partial charge in [0.05, 0.1) is 6.42 Å². The van der Waals surface area contributed by atoms with E-state index in [4.69, 9.17) is 0 Å². The molecule has 0 aromatic rings. The number of carbonyl (C=O) groups is 1. The Kier molecular flexibility index (Phi) is 0.937. The van der Waals surface area contributed by atoms with Crippen LogP contribution >= 0.6 is 0 Å². The molecule has 0 aliphatic carbocycles. The van der Waals surface area contributed by atoms with Crippen molar-refractivity contribution in [3.8, 4) is 0 Å². The molecule has 0 unspecified atom stereocenters. The van der Waals surface area contributed by atoms with Gasteiger partial charge in [0.25, 0.3) is 5.12 Å². The summed E-state index contributed by atoms with van der Waals surface area (Å²) in [4.78, 5) is 10.2. The van der Waals surface area contributed by atoms with Crippen molar-refractivity contribution in [2.75, 3.05) is 0 Å². The molecule has 0 aromatic carbocycles. The van der Waals surface area contributed by atoms with E-state index in [9.17, 15) is 13.2 Å². The number of hydrogen-bond acceptors (Lipinski definition) is 3. The summed E-state index contributed by atoms with van der Waals surface area (Å²) in [6, 6.07) is 0. The Morgan fingerprint density at radius 2 is 2.25 bits per heavy atom. The molecule has 0 radical (unpaired) electrons. The minimum atomic E-state index is -3.69. The summed E-state index contributed by atoms with van der Waals surface area (Å²) < 4.78 is 23.4. The van der Waals surface area contributed by atoms with Gasteiger partial charge in [-0.05, 0) is 0 Å². The number of nitrogens with zero attached hydrogens (tertiary/aromatic N) is 1. The minimum Gasteiger partial charge on any atom is -0.279 e. The number of sulfonamides is 1. The minimum absolute atomic E-state index is 0.0671. The molecule has 0 N–H and O–H groups in total. The maximum Gasteiger partial charge on any atom is 0.316 e. The third-order valence-corrected chi connectivity index (χ3v) is 1.93. The second kappa shape index (κ2) is 1.38. The monoisotopic (exact) mass is 133 g/mol. The molecule has 0 aromatic heterocycles. The van der Waals surface area contributed by atoms with E-state index in [0.29, 0.717) is 0 Å². The highest BCUT2D eigenvalue weighted by Crippen LogP contribution is 2.03. The Morgan fingerprint density at radius 1 is 1.62 bits per heavy atom. The van der Waals surface area contributed by atoms with E-state index in [1.54, 1.807) is 0 Å². The van der Waals surface area contributed by atoms with Crippen LogP contribution in [0.3, 0.4) is 0 Å². The zero-order valence-corrected chi connectivity index (χ0v) is 4.68. The lowest BCUT2D eigenvalue weighted by molar-refractivity contribution is -0.110. The van der Waals surface area contributed by atoms with Crippen LogP contribution in [0, 0.1) is 0 Å². The second-order valence-electron chi connectivity index (χ2n) is 1.34. The lowest BCUT2D eigenvalue weighted by Gasteiger charge is -1.78. The molecule has 0 saturated heterocycles. The zero-order valence-electron chi connectivity index (χ0n) is 3.86. The maximum absolute atomic E-state index is 10.2. The van der Waals surface area contributed by atoms with Gasteiger partial charge in [-0.15, -0.1) is 0 Å². The largest absolute Gasteiger partial charge is 0.316 e. The molecule has 0 saturated carbocycles. The molecule has 1 aliphatic heterocycles. The van der Waals surface area contributed by atoms with Crippen LogP contribution < -0.4 is 0 Å². The van der Waals surface area contributed by atoms with Crippen molar-refractivity contribution in [2.45, 2.75) is 6.42 Å². The highest BCUT2D eigenvalue weighted by molar-refractivity contribution is 8.05. The van der Waals surface area contributed by atoms with Crippen LogP contribution in [-0.4, -0.2) is 19.7 Å². The fourth-order valence-corrected chi connectivity index (χ4v) is 1.05. The van der Waals surface area contributed by atoms with Crippen molar-refractivity contribution >= 4 is 21.4 Å². The molecule has 44 valence electrons. The predicted molar refractivity (Wildman–Crippen MR) is 27.0 cm³/mol. The molecule has 1 rings (SSSR count). The summed E-state index contributed by atoms with van der Waals surface area (Å²) in [6.45, 7) is 0. The van der Waals surface area contributed by atoms with Gasteiger partial charge in [0.2, 0.25) is 0 Å². The topological polar surface area (TPSA) is 63.6 Å². The van der Waals surface area contributed by atoms with E-state index in [2.05, 4.69) is 4.40 Å². The number of rotatable bonds is 0. The van der Waals surface area contributed by atoms with Crippen LogP contribution in [0.2, 0.25) is 0 Å². The average molecular weight is 133 g/mol. The summed E-state index contributed by atoms with van der Waals surface area (Å²) in [7, 11) is -3.69. The van der Waals surface area contributed by atoms with Crippen LogP contribution in [0.15, 0.2) is 4.40 Å². The van der Waals surface area contributed by atoms with Gasteiger partial charge >= 0.3 is 10.0 Å². The fourth-order valence-electron chi connectivity index (χ4n) is 0.374. The van der Waals surface area contributed by atoms with Gasteiger partial charge in [0.1, 0.15) is 0 Å². The standard InChI is InChI=1S/C3H3NO3S/c5-3-1-2-4-8(3,6)7/h2H,1H2. The second-order valence-corrected chi connectivity index (χ2v) is 2.96. The number of carbonyl (C=O) groups excluding carboxylic acids is 1. The first-order chi connectivity index (χ1) is 3.63. The Bertz CT molecular complexity index is 237. The molecule has 0 atom stereocenters. The van der Waals surface area contributed by atoms with Crippen molar-refractivity contribution in [1.29, 1.82) is 0 Å². The molecular weight excluding hydrogens is 130 g/mol. The summed E-state index contributed by atoms with van der Waals surface area (Å²) in [6.07, 6.45) is 1.03. The van der Waals surface area contributed by atoms with Gasteiger partial charge in [-0.25, -0.2) is 0 Å². The van der Waals surface area contributed by atoms with Crippen molar-refractivity contribution in [3.05, 3.63) is 0 Å². The van der Waals surface area contributed by atoms with Crippen LogP contribution in [0.5, 0.6) is 0 Å². The first kappa shape index (κ1) is 5.43. The van der Waals surface area contributed by atoms with Crippen molar-refractivity contribution in [1.82, 2.24) is 0 Å². The summed E-state index contributed by atoms with van der Waals surface area (Å²) in [5, 5.41) is -0.808. The lowest BCUT2D eigenvalue weighted by Crippen LogP contribution is -2.03. The number of hydrogen-bond donors (Lipinski definition) is 0. The molecule has 0 fully saturated rings. The normalized spacial score (nSPS) is 24.2. The van der Waals surface area contributed by atoms with Gasteiger partial charge in [0, 0.05) is 6.21 Å². The SMILES string of the molecule is O=C1CC=NS1(=O)=O. The average Bonchev–Trinajstić information content (AvgIpc) is 1.86. The molecule has 0 spiro atoms. The van der Waals surface area contributed by atoms with E-state index in [1.165, 1.54) is 0 Å². The van der Waals surface area contributed by atoms with E-state index < -0.39 is 15.1 Å². The van der Waals surface area contributed by atoms with Gasteiger partial charge in [0.15, 0.2) is 0 Å². The fraction of sp³-hybridized carbons (Fsp3) is 0.333. The van der Waals surface area contributed by atoms with E-state index >= 15 is 0 Å². The Morgan fingerprint density at radius 3 is 2.38 bits per heavy atom. The van der Waals surface area contributed by atoms with Crippen molar-refractivity contribution in [2.24, 2.45) is 4.40 Å². The zero-order chi connectivity index (χ0) is 6.20. The van der Waals surface area contributed by atoms with Crippen LogP contribution in [-0.2, 0) is 14.8 Å². The van der Waals surface area contributed by atoms with E-state index in [0.717, 1.165) is 6.21 Å². The van der Waals surface area contributed by atoms with Crippen LogP contribution in [0.25, 0.3) is 0 Å². The van der Waals surface area contributed by atoms with E-state index in [1.807, 2.05) is 0 Å². The third-order valence-electron chi connectivity index (χ3n) is 0.759. The summed E-state index contributed by atoms with van der Waals surface area (Å²) in [5.74, 6) is 0. The molecule has 1 aliphatic rings. The van der Waals surface area contributed by atoms with Crippen LogP contribution in [0.1, 0.15) is 6.42 Å². The van der Waals surface area contributed by atoms with Gasteiger partial charge in [-0.1, -0.05) is 0 Å².